The summed E-state index contributed by atoms with van der Waals surface area (Å²) in [6, 6.07) is 17.0. The number of carbonyl (C=O) groups is 2. The zero-order chi connectivity index (χ0) is 19.5. The zero-order valence-electron chi connectivity index (χ0n) is 14.7. The van der Waals surface area contributed by atoms with Gasteiger partial charge in [0.1, 0.15) is 23.2 Å². The molecule has 7 nitrogen and oxygen atoms in total. The lowest BCUT2D eigenvalue weighted by Crippen LogP contribution is -2.38. The Labute approximate surface area is 160 Å². The summed E-state index contributed by atoms with van der Waals surface area (Å²) >= 11 is 0. The quantitative estimate of drug-likeness (QED) is 0.706. The molecule has 1 aliphatic rings. The van der Waals surface area contributed by atoms with Gasteiger partial charge in [0.2, 0.25) is 0 Å². The number of hydrogen-bond acceptors (Lipinski definition) is 6. The molecule has 0 spiro atoms. The highest BCUT2D eigenvalue weighted by molar-refractivity contribution is 5.97. The summed E-state index contributed by atoms with van der Waals surface area (Å²) < 4.78 is 10.6. The standard InChI is InChI=1S/C21H15N3O4/c22-12-13-1-4-15(5-2-13)28-16-6-8-17-14(11-16)3-7-18(23-17)20(25)24-19-9-10-27-21(19)26/h1-8,11,19H,9-10H2,(H,24,25)/t19-/m0/s1. The Kier molecular flexibility index (Phi) is 4.60. The molecule has 0 saturated carbocycles. The van der Waals surface area contributed by atoms with Crippen LogP contribution in [-0.2, 0) is 9.53 Å². The van der Waals surface area contributed by atoms with Crippen molar-refractivity contribution < 1.29 is 19.1 Å². The molecule has 7 heteroatoms. The van der Waals surface area contributed by atoms with Crippen LogP contribution in [0.3, 0.4) is 0 Å². The molecule has 4 rings (SSSR count). The Morgan fingerprint density at radius 2 is 1.93 bits per heavy atom. The highest BCUT2D eigenvalue weighted by atomic mass is 16.5. The number of cyclic esters (lactones) is 1. The fourth-order valence-electron chi connectivity index (χ4n) is 2.89. The molecule has 1 atom stereocenters. The number of ether oxygens (including phenoxy) is 2. The highest BCUT2D eigenvalue weighted by Crippen LogP contribution is 2.25. The molecule has 1 N–H and O–H groups in total. The lowest BCUT2D eigenvalue weighted by atomic mass is 10.1. The lowest BCUT2D eigenvalue weighted by Gasteiger charge is -2.10. The summed E-state index contributed by atoms with van der Waals surface area (Å²) in [6.45, 7) is 0.316. The number of esters is 1. The van der Waals surface area contributed by atoms with Crippen LogP contribution in [0.25, 0.3) is 10.9 Å². The van der Waals surface area contributed by atoms with E-state index in [1.807, 2.05) is 6.07 Å². The molecule has 2 heterocycles. The van der Waals surface area contributed by atoms with E-state index < -0.39 is 17.9 Å². The minimum atomic E-state index is -0.617. The summed E-state index contributed by atoms with van der Waals surface area (Å²) in [5.41, 5.74) is 1.42. The summed E-state index contributed by atoms with van der Waals surface area (Å²) in [5, 5.41) is 12.3. The van der Waals surface area contributed by atoms with Gasteiger partial charge in [-0.15, -0.1) is 0 Å². The molecule has 138 valence electrons. The van der Waals surface area contributed by atoms with Crippen molar-refractivity contribution in [3.63, 3.8) is 0 Å². The Morgan fingerprint density at radius 3 is 2.64 bits per heavy atom. The van der Waals surface area contributed by atoms with Gasteiger partial charge in [0, 0.05) is 11.8 Å². The van der Waals surface area contributed by atoms with E-state index in [0.29, 0.717) is 35.6 Å². The summed E-state index contributed by atoms with van der Waals surface area (Å²) in [4.78, 5) is 28.2. The van der Waals surface area contributed by atoms with Crippen LogP contribution in [-0.4, -0.2) is 29.5 Å². The fraction of sp³-hybridized carbons (Fsp3) is 0.143. The van der Waals surface area contributed by atoms with E-state index in [1.165, 1.54) is 0 Å². The number of nitrogens with one attached hydrogen (secondary N) is 1. The van der Waals surface area contributed by atoms with Crippen molar-refractivity contribution in [2.75, 3.05) is 6.61 Å². The van der Waals surface area contributed by atoms with Gasteiger partial charge in [-0.2, -0.15) is 5.26 Å². The van der Waals surface area contributed by atoms with Crippen LogP contribution in [0, 0.1) is 11.3 Å². The maximum atomic E-state index is 12.3. The van der Waals surface area contributed by atoms with Crippen molar-refractivity contribution in [2.24, 2.45) is 0 Å². The molecular weight excluding hydrogens is 358 g/mol. The number of rotatable bonds is 4. The van der Waals surface area contributed by atoms with Gasteiger partial charge in [0.25, 0.3) is 5.91 Å². The number of aromatic nitrogens is 1. The van der Waals surface area contributed by atoms with E-state index in [1.54, 1.807) is 48.5 Å². The molecule has 2 aromatic carbocycles. The first kappa shape index (κ1) is 17.5. The molecule has 1 aromatic heterocycles. The van der Waals surface area contributed by atoms with Gasteiger partial charge >= 0.3 is 5.97 Å². The zero-order valence-corrected chi connectivity index (χ0v) is 14.7. The second-order valence-electron chi connectivity index (χ2n) is 6.27. The van der Waals surface area contributed by atoms with E-state index >= 15 is 0 Å². The molecule has 1 fully saturated rings. The first-order valence-corrected chi connectivity index (χ1v) is 8.69. The van der Waals surface area contributed by atoms with E-state index in [4.69, 9.17) is 14.7 Å². The van der Waals surface area contributed by atoms with Crippen molar-refractivity contribution in [1.82, 2.24) is 10.3 Å². The monoisotopic (exact) mass is 373 g/mol. The van der Waals surface area contributed by atoms with Crippen LogP contribution in [0.15, 0.2) is 54.6 Å². The van der Waals surface area contributed by atoms with Crippen LogP contribution in [0.4, 0.5) is 0 Å². The predicted octanol–water partition coefficient (Wildman–Crippen LogP) is 2.94. The molecule has 28 heavy (non-hydrogen) atoms. The summed E-state index contributed by atoms with van der Waals surface area (Å²) in [5.74, 6) is 0.401. The molecule has 1 saturated heterocycles. The van der Waals surface area contributed by atoms with E-state index in [9.17, 15) is 9.59 Å². The Balaban J connectivity index is 1.51. The molecule has 3 aromatic rings. The number of hydrogen-bond donors (Lipinski definition) is 1. The largest absolute Gasteiger partial charge is 0.464 e. The first-order chi connectivity index (χ1) is 13.6. The third-order valence-electron chi connectivity index (χ3n) is 4.35. The molecule has 1 amide bonds. The van der Waals surface area contributed by atoms with E-state index in [2.05, 4.69) is 16.4 Å². The third kappa shape index (κ3) is 3.62. The van der Waals surface area contributed by atoms with Crippen LogP contribution < -0.4 is 10.1 Å². The van der Waals surface area contributed by atoms with E-state index in [0.717, 1.165) is 5.39 Å². The second kappa shape index (κ2) is 7.37. The number of carbonyl (C=O) groups excluding carboxylic acids is 2. The first-order valence-electron chi connectivity index (χ1n) is 8.69. The molecule has 0 unspecified atom stereocenters. The van der Waals surface area contributed by atoms with Crippen molar-refractivity contribution >= 4 is 22.8 Å². The smallest absolute Gasteiger partial charge is 0.328 e. The van der Waals surface area contributed by atoms with Gasteiger partial charge in [-0.05, 0) is 48.5 Å². The molecule has 0 bridgehead atoms. The maximum absolute atomic E-state index is 12.3. The Bertz CT molecular complexity index is 1100. The number of fused-ring (bicyclic) bond motifs is 1. The number of pyridine rings is 1. The van der Waals surface area contributed by atoms with Crippen LogP contribution >= 0.6 is 0 Å². The minimum absolute atomic E-state index is 0.230. The highest BCUT2D eigenvalue weighted by Gasteiger charge is 2.28. The molecular formula is C21H15N3O4. The molecule has 1 aliphatic heterocycles. The van der Waals surface area contributed by atoms with Gasteiger partial charge in [-0.25, -0.2) is 9.78 Å². The van der Waals surface area contributed by atoms with E-state index in [-0.39, 0.29) is 5.69 Å². The lowest BCUT2D eigenvalue weighted by molar-refractivity contribution is -0.139. The minimum Gasteiger partial charge on any atom is -0.464 e. The number of nitrogens with zero attached hydrogens (tertiary/aromatic N) is 2. The van der Waals surface area contributed by atoms with Gasteiger partial charge < -0.3 is 14.8 Å². The van der Waals surface area contributed by atoms with Gasteiger partial charge in [0.05, 0.1) is 23.8 Å². The summed E-state index contributed by atoms with van der Waals surface area (Å²) in [7, 11) is 0. The fourth-order valence-corrected chi connectivity index (χ4v) is 2.89. The molecule has 0 aliphatic carbocycles. The summed E-state index contributed by atoms with van der Waals surface area (Å²) in [6.07, 6.45) is 0.466. The maximum Gasteiger partial charge on any atom is 0.328 e. The van der Waals surface area contributed by atoms with Crippen LogP contribution in [0.5, 0.6) is 11.5 Å². The topological polar surface area (TPSA) is 101 Å². The predicted molar refractivity (Wildman–Crippen MR) is 99.8 cm³/mol. The van der Waals surface area contributed by atoms with Crippen LogP contribution in [0.1, 0.15) is 22.5 Å². The van der Waals surface area contributed by atoms with Gasteiger partial charge in [-0.3, -0.25) is 4.79 Å². The Morgan fingerprint density at radius 1 is 1.14 bits per heavy atom. The number of benzene rings is 2. The number of amides is 1. The normalized spacial score (nSPS) is 15.7. The molecule has 0 radical (unpaired) electrons. The third-order valence-corrected chi connectivity index (χ3v) is 4.35. The second-order valence-corrected chi connectivity index (χ2v) is 6.27. The van der Waals surface area contributed by atoms with Gasteiger partial charge in [0.15, 0.2) is 0 Å². The SMILES string of the molecule is N#Cc1ccc(Oc2ccc3nc(C(=O)N[C@H]4CCOC4=O)ccc3c2)cc1. The van der Waals surface area contributed by atoms with Crippen molar-refractivity contribution in [2.45, 2.75) is 12.5 Å². The van der Waals surface area contributed by atoms with Crippen molar-refractivity contribution in [3.05, 3.63) is 65.9 Å². The average molecular weight is 373 g/mol. The van der Waals surface area contributed by atoms with Crippen molar-refractivity contribution in [3.8, 4) is 17.6 Å². The number of nitriles is 1. The van der Waals surface area contributed by atoms with Crippen molar-refractivity contribution in [1.29, 1.82) is 5.26 Å². The Hall–Kier alpha value is -3.92. The average Bonchev–Trinajstić information content (AvgIpc) is 3.12. The van der Waals surface area contributed by atoms with Gasteiger partial charge in [-0.1, -0.05) is 6.07 Å². The van der Waals surface area contributed by atoms with Crippen LogP contribution in [0.2, 0.25) is 0 Å².